The fourth-order valence-electron chi connectivity index (χ4n) is 7.13. The van der Waals surface area contributed by atoms with Crippen LogP contribution in [0.4, 0.5) is 0 Å². The third kappa shape index (κ3) is 3.58. The van der Waals surface area contributed by atoms with E-state index in [1.165, 1.54) is 25.9 Å². The smallest absolute Gasteiger partial charge is 0.227 e. The largest absolute Gasteiger partial charge is 0.436 e. The molecule has 0 spiro atoms. The fourth-order valence-corrected chi connectivity index (χ4v) is 13.0. The van der Waals surface area contributed by atoms with Crippen LogP contribution in [0.15, 0.2) is 150 Å². The van der Waals surface area contributed by atoms with Crippen LogP contribution in [-0.4, -0.2) is 27.6 Å². The highest BCUT2D eigenvalue weighted by atomic mass is 32.1. The molecule has 1 aliphatic heterocycles. The average Bonchev–Trinajstić information content (AvgIpc) is 3.89. The minimum Gasteiger partial charge on any atom is -0.436 e. The van der Waals surface area contributed by atoms with E-state index >= 15 is 0 Å². The second-order valence-corrected chi connectivity index (χ2v) is 16.3. The van der Waals surface area contributed by atoms with Crippen molar-refractivity contribution < 1.29 is 4.42 Å². The lowest BCUT2D eigenvalue weighted by Gasteiger charge is -2.29. The summed E-state index contributed by atoms with van der Waals surface area (Å²) >= 11 is 1.74. The van der Waals surface area contributed by atoms with Gasteiger partial charge in [-0.15, -0.1) is 11.3 Å². The lowest BCUT2D eigenvalue weighted by molar-refractivity contribution is 0.620. The van der Waals surface area contributed by atoms with Crippen molar-refractivity contribution >= 4 is 72.8 Å². The van der Waals surface area contributed by atoms with Crippen LogP contribution in [0.1, 0.15) is 0 Å². The zero-order valence-electron chi connectivity index (χ0n) is 24.5. The Labute approximate surface area is 269 Å². The number of nitrogens with zero attached hydrogens (tertiary/aromatic N) is 4. The van der Waals surface area contributed by atoms with E-state index in [-0.39, 0.29) is 0 Å². The Kier molecular flexibility index (Phi) is 5.40. The highest BCUT2D eigenvalue weighted by molar-refractivity contribution is 7.22. The molecular formula is C39H24N4OSSi. The zero-order valence-corrected chi connectivity index (χ0v) is 26.3. The molecule has 4 heterocycles. The van der Waals surface area contributed by atoms with Crippen LogP contribution in [0, 0.1) is 0 Å². The van der Waals surface area contributed by atoms with Gasteiger partial charge >= 0.3 is 0 Å². The highest BCUT2D eigenvalue weighted by Gasteiger charge is 2.52. The molecule has 0 saturated heterocycles. The summed E-state index contributed by atoms with van der Waals surface area (Å²) in [5.41, 5.74) is 9.15. The van der Waals surface area contributed by atoms with Crippen molar-refractivity contribution in [1.29, 1.82) is 0 Å². The van der Waals surface area contributed by atoms with Gasteiger partial charge in [0.1, 0.15) is 16.0 Å². The Hall–Kier alpha value is -5.63. The number of imidazole rings is 1. The molecule has 9 aromatic rings. The SMILES string of the molecule is c1cc(-c2nc3ccccc3o2)cc([Si]2(c3cccc(-c4nc5ccccc5s4)c3)c3ccccc3-n3c2nc2ccccc23)c1. The topological polar surface area (TPSA) is 56.7 Å². The van der Waals surface area contributed by atoms with E-state index in [9.17, 15) is 0 Å². The Morgan fingerprint density at radius 1 is 0.565 bits per heavy atom. The van der Waals surface area contributed by atoms with Crippen molar-refractivity contribution in [2.45, 2.75) is 0 Å². The first-order chi connectivity index (χ1) is 22.8. The molecule has 7 heteroatoms. The summed E-state index contributed by atoms with van der Waals surface area (Å²) < 4.78 is 9.86. The van der Waals surface area contributed by atoms with E-state index in [1.54, 1.807) is 11.3 Å². The lowest BCUT2D eigenvalue weighted by Crippen LogP contribution is -2.73. The van der Waals surface area contributed by atoms with Gasteiger partial charge in [-0.2, -0.15) is 0 Å². The third-order valence-corrected chi connectivity index (χ3v) is 14.8. The van der Waals surface area contributed by atoms with E-state index in [1.807, 2.05) is 30.3 Å². The molecule has 5 nitrogen and oxygen atoms in total. The first-order valence-electron chi connectivity index (χ1n) is 15.3. The summed E-state index contributed by atoms with van der Waals surface area (Å²) in [5.74, 6) is 0.621. The number of benzene rings is 6. The number of oxazole rings is 1. The van der Waals surface area contributed by atoms with Gasteiger partial charge in [0.05, 0.1) is 21.3 Å². The molecule has 0 amide bonds. The van der Waals surface area contributed by atoms with E-state index in [0.717, 1.165) is 49.2 Å². The van der Waals surface area contributed by atoms with Crippen molar-refractivity contribution in [1.82, 2.24) is 19.5 Å². The molecule has 0 aliphatic carbocycles. The molecule has 216 valence electrons. The molecule has 0 N–H and O–H groups in total. The number of rotatable bonds is 4. The van der Waals surface area contributed by atoms with Crippen molar-refractivity contribution in [2.75, 3.05) is 0 Å². The van der Waals surface area contributed by atoms with Crippen LogP contribution in [0.3, 0.4) is 0 Å². The minimum absolute atomic E-state index is 0.621. The first-order valence-corrected chi connectivity index (χ1v) is 18.1. The Morgan fingerprint density at radius 2 is 1.26 bits per heavy atom. The van der Waals surface area contributed by atoms with Gasteiger partial charge in [0.15, 0.2) is 5.58 Å². The maximum atomic E-state index is 6.28. The summed E-state index contributed by atoms with van der Waals surface area (Å²) in [7, 11) is -2.96. The molecule has 46 heavy (non-hydrogen) atoms. The molecule has 0 bridgehead atoms. The monoisotopic (exact) mass is 624 g/mol. The van der Waals surface area contributed by atoms with Gasteiger partial charge in [-0.05, 0) is 70.2 Å². The number of thiazole rings is 1. The summed E-state index contributed by atoms with van der Waals surface area (Å²) in [6.07, 6.45) is 0. The number of hydrogen-bond acceptors (Lipinski definition) is 5. The molecule has 0 radical (unpaired) electrons. The number of hydrogen-bond donors (Lipinski definition) is 0. The van der Waals surface area contributed by atoms with Crippen LogP contribution in [0.2, 0.25) is 0 Å². The Bertz CT molecular complexity index is 2450. The van der Waals surface area contributed by atoms with E-state index in [2.05, 4.69) is 120 Å². The second-order valence-electron chi connectivity index (χ2n) is 11.7. The van der Waals surface area contributed by atoms with Gasteiger partial charge in [-0.1, -0.05) is 91.0 Å². The molecule has 1 aliphatic rings. The lowest BCUT2D eigenvalue weighted by atomic mass is 10.2. The van der Waals surface area contributed by atoms with Crippen LogP contribution in [0.5, 0.6) is 0 Å². The summed E-state index contributed by atoms with van der Waals surface area (Å²) in [5, 5.41) is 4.84. The van der Waals surface area contributed by atoms with Crippen molar-refractivity contribution in [3.63, 3.8) is 0 Å². The normalized spacial score (nSPS) is 15.5. The Morgan fingerprint density at radius 3 is 2.11 bits per heavy atom. The van der Waals surface area contributed by atoms with E-state index in [4.69, 9.17) is 19.4 Å². The van der Waals surface area contributed by atoms with E-state index in [0.29, 0.717) is 5.89 Å². The average molecular weight is 625 g/mol. The van der Waals surface area contributed by atoms with Gasteiger partial charge in [0.2, 0.25) is 14.0 Å². The van der Waals surface area contributed by atoms with Crippen LogP contribution < -0.4 is 21.0 Å². The highest BCUT2D eigenvalue weighted by Crippen LogP contribution is 2.32. The van der Waals surface area contributed by atoms with Gasteiger partial charge < -0.3 is 4.42 Å². The standard InChI is InChI=1S/C39H24N4OSSi/c1-4-18-32-29(15-1)42-39-43(32)33-19-5-8-22-36(33)46(39,27-13-9-11-25(23-27)37-40-30-16-2-6-20-34(30)44-37)28-14-10-12-26(24-28)38-41-31-17-3-7-21-35(31)45-38/h1-24H. The third-order valence-electron chi connectivity index (χ3n) is 9.12. The maximum absolute atomic E-state index is 6.28. The first kappa shape index (κ1) is 25.7. The maximum Gasteiger partial charge on any atom is 0.227 e. The molecule has 6 aromatic carbocycles. The summed E-state index contributed by atoms with van der Waals surface area (Å²) in [6, 6.07) is 51.4. The second kappa shape index (κ2) is 9.68. The van der Waals surface area contributed by atoms with Crippen LogP contribution >= 0.6 is 11.3 Å². The predicted molar refractivity (Wildman–Crippen MR) is 190 cm³/mol. The van der Waals surface area contributed by atoms with Crippen molar-refractivity contribution in [3.8, 4) is 27.7 Å². The number of aromatic nitrogens is 4. The van der Waals surface area contributed by atoms with Crippen molar-refractivity contribution in [3.05, 3.63) is 146 Å². The quantitative estimate of drug-likeness (QED) is 0.202. The molecule has 0 fully saturated rings. The molecule has 1 atom stereocenters. The van der Waals surface area contributed by atoms with E-state index < -0.39 is 8.07 Å². The predicted octanol–water partition coefficient (Wildman–Crippen LogP) is 6.80. The molecular weight excluding hydrogens is 601 g/mol. The summed E-state index contributed by atoms with van der Waals surface area (Å²) in [4.78, 5) is 15.4. The fraction of sp³-hybridized carbons (Fsp3) is 0. The molecule has 0 saturated carbocycles. The van der Waals surface area contributed by atoms with Gasteiger partial charge in [0.25, 0.3) is 0 Å². The zero-order chi connectivity index (χ0) is 30.2. The van der Waals surface area contributed by atoms with Crippen molar-refractivity contribution in [2.24, 2.45) is 0 Å². The number of para-hydroxylation sites is 6. The van der Waals surface area contributed by atoms with Crippen LogP contribution in [0.25, 0.3) is 60.1 Å². The number of fused-ring (bicyclic) bond motifs is 7. The Balaban J connectivity index is 1.28. The van der Waals surface area contributed by atoms with Gasteiger partial charge in [-0.3, -0.25) is 4.57 Å². The van der Waals surface area contributed by atoms with Crippen LogP contribution in [-0.2, 0) is 0 Å². The molecule has 10 rings (SSSR count). The minimum atomic E-state index is -2.96. The summed E-state index contributed by atoms with van der Waals surface area (Å²) in [6.45, 7) is 0. The molecule has 3 aromatic heterocycles. The molecule has 1 unspecified atom stereocenters. The van der Waals surface area contributed by atoms with Gasteiger partial charge in [-0.25, -0.2) is 15.0 Å². The van der Waals surface area contributed by atoms with Gasteiger partial charge in [0, 0.05) is 16.8 Å².